The second-order valence-electron chi connectivity index (χ2n) is 7.00. The summed E-state index contributed by atoms with van der Waals surface area (Å²) in [7, 11) is 1.87. The van der Waals surface area contributed by atoms with Crippen molar-refractivity contribution in [1.82, 2.24) is 15.3 Å². The summed E-state index contributed by atoms with van der Waals surface area (Å²) in [4.78, 5) is 9.16. The molecule has 2 aromatic heterocycles. The standard InChI is InChI=1S/C20H25N5O3/c1-11-6-14(21-3)8-16(23-11)24-19-12(2)17(18-20(25-19)28-10-27-18)13-4-5-22-9-15(26)7-13/h4,6,8,15,22,26H,5,7,9-10H2,1-3H3,(H2,21,23,24,25)/t15-/m0/s1. The van der Waals surface area contributed by atoms with Crippen LogP contribution in [-0.4, -0.2) is 48.1 Å². The average molecular weight is 383 g/mol. The van der Waals surface area contributed by atoms with Crippen molar-refractivity contribution < 1.29 is 14.6 Å². The molecule has 4 N–H and O–H groups in total. The maximum Gasteiger partial charge on any atom is 0.262 e. The van der Waals surface area contributed by atoms with Gasteiger partial charge in [0.2, 0.25) is 6.79 Å². The van der Waals surface area contributed by atoms with E-state index in [1.165, 1.54) is 0 Å². The summed E-state index contributed by atoms with van der Waals surface area (Å²) in [6, 6.07) is 3.90. The van der Waals surface area contributed by atoms with Crippen molar-refractivity contribution in [2.45, 2.75) is 26.4 Å². The summed E-state index contributed by atoms with van der Waals surface area (Å²) in [5, 5.41) is 19.9. The fraction of sp³-hybridized carbons (Fsp3) is 0.400. The Hall–Kier alpha value is -2.84. The van der Waals surface area contributed by atoms with Crippen LogP contribution >= 0.6 is 0 Å². The summed E-state index contributed by atoms with van der Waals surface area (Å²) >= 11 is 0. The first kappa shape index (κ1) is 18.5. The van der Waals surface area contributed by atoms with Crippen molar-refractivity contribution in [2.75, 3.05) is 37.6 Å². The number of aromatic nitrogens is 2. The van der Waals surface area contributed by atoms with Crippen LogP contribution in [0.1, 0.15) is 23.2 Å². The number of aliphatic hydroxyl groups excluding tert-OH is 1. The minimum Gasteiger partial charge on any atom is -0.451 e. The number of aliphatic hydroxyl groups is 1. The largest absolute Gasteiger partial charge is 0.451 e. The van der Waals surface area contributed by atoms with Crippen LogP contribution in [0.2, 0.25) is 0 Å². The molecule has 8 nitrogen and oxygen atoms in total. The van der Waals surface area contributed by atoms with Crippen LogP contribution in [0.3, 0.4) is 0 Å². The van der Waals surface area contributed by atoms with Gasteiger partial charge in [0.25, 0.3) is 5.88 Å². The van der Waals surface area contributed by atoms with E-state index in [-0.39, 0.29) is 6.79 Å². The zero-order valence-electron chi connectivity index (χ0n) is 16.3. The van der Waals surface area contributed by atoms with Gasteiger partial charge in [-0.1, -0.05) is 6.08 Å². The number of nitrogens with one attached hydrogen (secondary N) is 3. The monoisotopic (exact) mass is 383 g/mol. The Kier molecular flexibility index (Phi) is 5.06. The molecule has 0 saturated carbocycles. The number of fused-ring (bicyclic) bond motifs is 1. The van der Waals surface area contributed by atoms with E-state index in [1.54, 1.807) is 0 Å². The van der Waals surface area contributed by atoms with Crippen molar-refractivity contribution in [3.05, 3.63) is 35.0 Å². The van der Waals surface area contributed by atoms with Crippen LogP contribution in [0.15, 0.2) is 18.2 Å². The molecule has 0 aliphatic carbocycles. The zero-order valence-corrected chi connectivity index (χ0v) is 16.3. The lowest BCUT2D eigenvalue weighted by atomic mass is 9.95. The van der Waals surface area contributed by atoms with E-state index in [2.05, 4.69) is 32.0 Å². The van der Waals surface area contributed by atoms with Crippen molar-refractivity contribution >= 4 is 22.9 Å². The Balaban J connectivity index is 1.77. The molecule has 0 unspecified atom stereocenters. The van der Waals surface area contributed by atoms with Gasteiger partial charge in [-0.25, -0.2) is 4.98 Å². The van der Waals surface area contributed by atoms with Gasteiger partial charge in [0.15, 0.2) is 5.75 Å². The number of rotatable bonds is 4. The Bertz CT molecular complexity index is 929. The summed E-state index contributed by atoms with van der Waals surface area (Å²) < 4.78 is 11.3. The minimum absolute atomic E-state index is 0.138. The van der Waals surface area contributed by atoms with E-state index in [1.807, 2.05) is 33.0 Å². The zero-order chi connectivity index (χ0) is 19.7. The molecule has 2 aliphatic rings. The normalized spacial score (nSPS) is 18.4. The smallest absolute Gasteiger partial charge is 0.262 e. The molecule has 28 heavy (non-hydrogen) atoms. The predicted molar refractivity (Wildman–Crippen MR) is 108 cm³/mol. The first-order valence-corrected chi connectivity index (χ1v) is 9.37. The summed E-state index contributed by atoms with van der Waals surface area (Å²) in [6.45, 7) is 5.33. The molecule has 0 bridgehead atoms. The number of β-amino-alcohol motifs (C(OH)–C–C–N with tert-alkyl or cyclic N) is 1. The Morgan fingerprint density at radius 2 is 2.07 bits per heavy atom. The highest BCUT2D eigenvalue weighted by Crippen LogP contribution is 2.44. The quantitative estimate of drug-likeness (QED) is 0.638. The lowest BCUT2D eigenvalue weighted by Crippen LogP contribution is -2.24. The molecule has 2 aromatic rings. The number of anilines is 3. The third kappa shape index (κ3) is 3.61. The summed E-state index contributed by atoms with van der Waals surface area (Å²) in [5.41, 5.74) is 4.74. The van der Waals surface area contributed by atoms with Crippen LogP contribution in [0.5, 0.6) is 11.6 Å². The number of hydrogen-bond acceptors (Lipinski definition) is 8. The van der Waals surface area contributed by atoms with Crippen LogP contribution in [0, 0.1) is 13.8 Å². The SMILES string of the molecule is CNc1cc(C)nc(Nc2nc3c(c(C4=CCNC[C@@H](O)C4)c2C)OCO3)c1. The molecule has 8 heteroatoms. The van der Waals surface area contributed by atoms with E-state index in [4.69, 9.17) is 9.47 Å². The maximum atomic E-state index is 10.2. The van der Waals surface area contributed by atoms with E-state index in [0.29, 0.717) is 42.8 Å². The van der Waals surface area contributed by atoms with Gasteiger partial charge in [0, 0.05) is 55.1 Å². The Labute approximate surface area is 164 Å². The fourth-order valence-electron chi connectivity index (χ4n) is 3.57. The molecule has 0 radical (unpaired) electrons. The second-order valence-corrected chi connectivity index (χ2v) is 7.00. The highest BCUT2D eigenvalue weighted by atomic mass is 16.7. The number of hydrogen-bond donors (Lipinski definition) is 4. The molecule has 4 heterocycles. The lowest BCUT2D eigenvalue weighted by Gasteiger charge is -2.18. The van der Waals surface area contributed by atoms with Crippen molar-refractivity contribution in [3.63, 3.8) is 0 Å². The van der Waals surface area contributed by atoms with Gasteiger partial charge in [0.1, 0.15) is 11.6 Å². The molecule has 148 valence electrons. The molecule has 1 atom stereocenters. The van der Waals surface area contributed by atoms with Gasteiger partial charge in [-0.15, -0.1) is 0 Å². The molecule has 0 spiro atoms. The maximum absolute atomic E-state index is 10.2. The number of ether oxygens (including phenoxy) is 2. The summed E-state index contributed by atoms with van der Waals surface area (Å²) in [5.74, 6) is 2.45. The van der Waals surface area contributed by atoms with Gasteiger partial charge < -0.3 is 30.5 Å². The number of nitrogens with zero attached hydrogens (tertiary/aromatic N) is 2. The minimum atomic E-state index is -0.452. The Morgan fingerprint density at radius 3 is 2.89 bits per heavy atom. The van der Waals surface area contributed by atoms with Gasteiger partial charge in [-0.2, -0.15) is 4.98 Å². The highest BCUT2D eigenvalue weighted by molar-refractivity contribution is 5.80. The predicted octanol–water partition coefficient (Wildman–Crippen LogP) is 2.35. The van der Waals surface area contributed by atoms with Crippen LogP contribution in [0.4, 0.5) is 17.3 Å². The van der Waals surface area contributed by atoms with Crippen molar-refractivity contribution in [1.29, 1.82) is 0 Å². The molecule has 0 amide bonds. The lowest BCUT2D eigenvalue weighted by molar-refractivity contribution is 0.170. The Morgan fingerprint density at radius 1 is 1.21 bits per heavy atom. The van der Waals surface area contributed by atoms with E-state index in [9.17, 15) is 5.11 Å². The summed E-state index contributed by atoms with van der Waals surface area (Å²) in [6.07, 6.45) is 2.18. The molecule has 0 aromatic carbocycles. The molecular formula is C20H25N5O3. The topological polar surface area (TPSA) is 101 Å². The second kappa shape index (κ2) is 7.65. The fourth-order valence-corrected chi connectivity index (χ4v) is 3.57. The van der Waals surface area contributed by atoms with Crippen molar-refractivity contribution in [3.8, 4) is 11.6 Å². The molecule has 0 saturated heterocycles. The van der Waals surface area contributed by atoms with Gasteiger partial charge in [-0.05, 0) is 25.5 Å². The molecular weight excluding hydrogens is 358 g/mol. The van der Waals surface area contributed by atoms with Crippen molar-refractivity contribution in [2.24, 2.45) is 0 Å². The van der Waals surface area contributed by atoms with Crippen LogP contribution < -0.4 is 25.4 Å². The van der Waals surface area contributed by atoms with E-state index in [0.717, 1.165) is 28.1 Å². The third-order valence-corrected chi connectivity index (χ3v) is 4.90. The molecule has 2 aliphatic heterocycles. The van der Waals surface area contributed by atoms with E-state index < -0.39 is 6.10 Å². The van der Waals surface area contributed by atoms with Gasteiger partial charge in [-0.3, -0.25) is 0 Å². The first-order valence-electron chi connectivity index (χ1n) is 9.37. The van der Waals surface area contributed by atoms with E-state index >= 15 is 0 Å². The van der Waals surface area contributed by atoms with Gasteiger partial charge in [0.05, 0.1) is 6.10 Å². The van der Waals surface area contributed by atoms with Crippen LogP contribution in [0.25, 0.3) is 5.57 Å². The highest BCUT2D eigenvalue weighted by Gasteiger charge is 2.28. The first-order chi connectivity index (χ1) is 13.5. The number of aryl methyl sites for hydroxylation is 1. The third-order valence-electron chi connectivity index (χ3n) is 4.90. The molecule has 4 rings (SSSR count). The average Bonchev–Trinajstić information content (AvgIpc) is 3.01. The molecule has 0 fully saturated rings. The van der Waals surface area contributed by atoms with Crippen LogP contribution in [-0.2, 0) is 0 Å². The van der Waals surface area contributed by atoms with Gasteiger partial charge >= 0.3 is 0 Å². The number of pyridine rings is 2.